The van der Waals surface area contributed by atoms with Gasteiger partial charge in [-0.1, -0.05) is 42.5 Å². The summed E-state index contributed by atoms with van der Waals surface area (Å²) in [6, 6.07) is 16.6. The lowest BCUT2D eigenvalue weighted by Gasteiger charge is -2.33. The molecule has 3 fully saturated rings. The summed E-state index contributed by atoms with van der Waals surface area (Å²) in [5.41, 5.74) is 2.23. The zero-order valence-electron chi connectivity index (χ0n) is 19.3. The average Bonchev–Trinajstić information content (AvgIpc) is 3.43. The van der Waals surface area contributed by atoms with Gasteiger partial charge in [-0.15, -0.1) is 0 Å². The van der Waals surface area contributed by atoms with E-state index in [-0.39, 0.29) is 36.0 Å². The van der Waals surface area contributed by atoms with Crippen LogP contribution in [0.5, 0.6) is 0 Å². The topological polar surface area (TPSA) is 71.0 Å². The third-order valence-corrected chi connectivity index (χ3v) is 7.79. The monoisotopic (exact) mass is 468 g/mol. The zero-order valence-corrected chi connectivity index (χ0v) is 19.3. The molecular formula is C27H33FN2O4. The molecule has 182 valence electrons. The number of nitrogens with one attached hydrogen (secondary N) is 1. The molecule has 0 spiro atoms. The van der Waals surface area contributed by atoms with Crippen molar-refractivity contribution in [2.75, 3.05) is 19.8 Å². The highest BCUT2D eigenvalue weighted by atomic mass is 19.1. The van der Waals surface area contributed by atoms with Crippen molar-refractivity contribution in [3.05, 3.63) is 71.5 Å². The van der Waals surface area contributed by atoms with Gasteiger partial charge in [-0.25, -0.2) is 9.18 Å². The highest BCUT2D eigenvalue weighted by Gasteiger charge is 2.53. The SMILES string of the molecule is O=C(O)N1[C@@H]2COC[C@@H]2[C@H](NCc2ccccc2)[C@@H]1COC1CCC(c2cccc(F)c2)CC1. The number of halogens is 1. The molecule has 0 aromatic heterocycles. The van der Waals surface area contributed by atoms with Gasteiger partial charge >= 0.3 is 6.09 Å². The Kier molecular flexibility index (Phi) is 7.13. The number of hydrogen-bond acceptors (Lipinski definition) is 4. The van der Waals surface area contributed by atoms with E-state index in [0.29, 0.717) is 32.3 Å². The molecule has 4 atom stereocenters. The minimum atomic E-state index is -0.909. The molecule has 7 heteroatoms. The molecule has 0 unspecified atom stereocenters. The number of benzene rings is 2. The van der Waals surface area contributed by atoms with Crippen LogP contribution < -0.4 is 5.32 Å². The molecule has 2 heterocycles. The van der Waals surface area contributed by atoms with Crippen molar-refractivity contribution in [1.82, 2.24) is 10.2 Å². The van der Waals surface area contributed by atoms with E-state index >= 15 is 0 Å². The first kappa shape index (κ1) is 23.3. The normalized spacial score (nSPS) is 30.9. The largest absolute Gasteiger partial charge is 0.465 e. The Balaban J connectivity index is 1.21. The Morgan fingerprint density at radius 2 is 1.88 bits per heavy atom. The second-order valence-corrected chi connectivity index (χ2v) is 9.78. The molecule has 2 aromatic rings. The van der Waals surface area contributed by atoms with Crippen LogP contribution in [0.1, 0.15) is 42.7 Å². The Bertz CT molecular complexity index is 966. The fourth-order valence-corrected chi connectivity index (χ4v) is 6.04. The summed E-state index contributed by atoms with van der Waals surface area (Å²) in [5.74, 6) is 0.293. The van der Waals surface area contributed by atoms with E-state index in [2.05, 4.69) is 17.4 Å². The lowest BCUT2D eigenvalue weighted by Crippen LogP contribution is -2.50. The van der Waals surface area contributed by atoms with E-state index in [0.717, 1.165) is 31.2 Å². The standard InChI is InChI=1S/C27H33FN2O4/c28-21-8-4-7-20(13-21)19-9-11-22(12-10-19)34-17-25-26(29-14-18-5-2-1-3-6-18)23-15-33-16-24(23)30(25)27(31)32/h1-8,13,19,22-26,29H,9-12,14-17H2,(H,31,32)/t19?,22?,23-,24+,25-,26-/m0/s1. The molecule has 2 saturated heterocycles. The van der Waals surface area contributed by atoms with Crippen LogP contribution >= 0.6 is 0 Å². The van der Waals surface area contributed by atoms with E-state index in [4.69, 9.17) is 9.47 Å². The first-order chi connectivity index (χ1) is 16.6. The summed E-state index contributed by atoms with van der Waals surface area (Å²) in [4.78, 5) is 13.8. The average molecular weight is 469 g/mol. The van der Waals surface area contributed by atoms with Gasteiger partial charge in [0.2, 0.25) is 0 Å². The van der Waals surface area contributed by atoms with Crippen LogP contribution in [0.25, 0.3) is 0 Å². The number of nitrogens with zero attached hydrogens (tertiary/aromatic N) is 1. The molecule has 2 aliphatic heterocycles. The van der Waals surface area contributed by atoms with E-state index in [1.165, 1.54) is 11.6 Å². The molecule has 1 aliphatic carbocycles. The number of likely N-dealkylation sites (tertiary alicyclic amines) is 1. The van der Waals surface area contributed by atoms with Gasteiger partial charge in [-0.2, -0.15) is 0 Å². The van der Waals surface area contributed by atoms with E-state index in [9.17, 15) is 14.3 Å². The molecule has 2 aromatic carbocycles. The van der Waals surface area contributed by atoms with Gasteiger partial charge in [0.25, 0.3) is 0 Å². The van der Waals surface area contributed by atoms with Crippen molar-refractivity contribution in [3.8, 4) is 0 Å². The molecule has 2 N–H and O–H groups in total. The molecular weight excluding hydrogens is 435 g/mol. The summed E-state index contributed by atoms with van der Waals surface area (Å²) >= 11 is 0. The zero-order chi connectivity index (χ0) is 23.5. The summed E-state index contributed by atoms with van der Waals surface area (Å²) < 4.78 is 25.6. The van der Waals surface area contributed by atoms with Gasteiger partial charge in [0.1, 0.15) is 5.82 Å². The van der Waals surface area contributed by atoms with E-state index in [1.807, 2.05) is 24.3 Å². The maximum atomic E-state index is 13.6. The number of carbonyl (C=O) groups is 1. The smallest absolute Gasteiger partial charge is 0.408 e. The maximum absolute atomic E-state index is 13.6. The summed E-state index contributed by atoms with van der Waals surface area (Å²) in [7, 11) is 0. The van der Waals surface area contributed by atoms with Crippen molar-refractivity contribution in [3.63, 3.8) is 0 Å². The van der Waals surface area contributed by atoms with Gasteiger partial charge in [0.05, 0.1) is 38.0 Å². The van der Waals surface area contributed by atoms with Crippen LogP contribution in [-0.4, -0.2) is 60.1 Å². The van der Waals surface area contributed by atoms with Crippen molar-refractivity contribution in [2.24, 2.45) is 5.92 Å². The van der Waals surface area contributed by atoms with Crippen LogP contribution in [0.3, 0.4) is 0 Å². The Morgan fingerprint density at radius 3 is 2.62 bits per heavy atom. The number of carboxylic acid groups (broad SMARTS) is 1. The first-order valence-corrected chi connectivity index (χ1v) is 12.3. The summed E-state index contributed by atoms with van der Waals surface area (Å²) in [6.07, 6.45) is 2.91. The third-order valence-electron chi connectivity index (χ3n) is 7.79. The molecule has 3 aliphatic rings. The van der Waals surface area contributed by atoms with Crippen LogP contribution in [0.15, 0.2) is 54.6 Å². The molecule has 0 radical (unpaired) electrons. The van der Waals surface area contributed by atoms with Gasteiger partial charge in [0, 0.05) is 18.5 Å². The van der Waals surface area contributed by atoms with Gasteiger partial charge in [0.15, 0.2) is 0 Å². The maximum Gasteiger partial charge on any atom is 0.408 e. The number of fused-ring (bicyclic) bond motifs is 1. The van der Waals surface area contributed by atoms with Crippen LogP contribution in [0.4, 0.5) is 9.18 Å². The molecule has 1 amide bonds. The molecule has 6 nitrogen and oxygen atoms in total. The number of hydrogen-bond donors (Lipinski definition) is 2. The van der Waals surface area contributed by atoms with Crippen molar-refractivity contribution in [1.29, 1.82) is 0 Å². The van der Waals surface area contributed by atoms with Crippen molar-refractivity contribution in [2.45, 2.75) is 62.4 Å². The third kappa shape index (κ3) is 4.97. The van der Waals surface area contributed by atoms with Gasteiger partial charge in [-0.3, -0.25) is 4.90 Å². The lowest BCUT2D eigenvalue weighted by atomic mass is 9.82. The van der Waals surface area contributed by atoms with Gasteiger partial charge < -0.3 is 19.9 Å². The van der Waals surface area contributed by atoms with E-state index < -0.39 is 6.09 Å². The Hall–Kier alpha value is -2.48. The predicted molar refractivity (Wildman–Crippen MR) is 126 cm³/mol. The fraction of sp³-hybridized carbons (Fsp3) is 0.519. The van der Waals surface area contributed by atoms with E-state index in [1.54, 1.807) is 17.0 Å². The highest BCUT2D eigenvalue weighted by Crippen LogP contribution is 2.37. The minimum absolute atomic E-state index is 0.0209. The molecule has 1 saturated carbocycles. The Labute approximate surface area is 200 Å². The lowest BCUT2D eigenvalue weighted by molar-refractivity contribution is -0.0134. The molecule has 5 rings (SSSR count). The van der Waals surface area contributed by atoms with Crippen molar-refractivity contribution < 1.29 is 23.8 Å². The minimum Gasteiger partial charge on any atom is -0.465 e. The predicted octanol–water partition coefficient (Wildman–Crippen LogP) is 4.40. The second kappa shape index (κ2) is 10.4. The number of ether oxygens (including phenoxy) is 2. The fourth-order valence-electron chi connectivity index (χ4n) is 6.04. The van der Waals surface area contributed by atoms with Crippen LogP contribution in [-0.2, 0) is 16.0 Å². The van der Waals surface area contributed by atoms with Crippen LogP contribution in [0, 0.1) is 11.7 Å². The van der Waals surface area contributed by atoms with Crippen molar-refractivity contribution >= 4 is 6.09 Å². The summed E-state index contributed by atoms with van der Waals surface area (Å²) in [5, 5.41) is 13.6. The molecule has 34 heavy (non-hydrogen) atoms. The quantitative estimate of drug-likeness (QED) is 0.630. The Morgan fingerprint density at radius 1 is 1.09 bits per heavy atom. The number of rotatable bonds is 7. The van der Waals surface area contributed by atoms with Gasteiger partial charge in [-0.05, 0) is 54.9 Å². The molecule has 0 bridgehead atoms. The highest BCUT2D eigenvalue weighted by molar-refractivity contribution is 5.67. The first-order valence-electron chi connectivity index (χ1n) is 12.3. The number of amides is 1. The summed E-state index contributed by atoms with van der Waals surface area (Å²) in [6.45, 7) is 2.06. The second-order valence-electron chi connectivity index (χ2n) is 9.78. The van der Waals surface area contributed by atoms with Crippen LogP contribution in [0.2, 0.25) is 0 Å².